The molecule has 0 aromatic rings. The maximum atomic E-state index is 12.2. The Balaban J connectivity index is 0.000000345. The number of carboxylic acid groups (broad SMARTS) is 1. The van der Waals surface area contributed by atoms with Gasteiger partial charge in [0.15, 0.2) is 0 Å². The second kappa shape index (κ2) is 8.86. The molecule has 162 valence electrons. The van der Waals surface area contributed by atoms with Gasteiger partial charge in [-0.25, -0.2) is 9.59 Å². The Hall–Kier alpha value is -1.55. The molecule has 0 aromatic carbocycles. The van der Waals surface area contributed by atoms with Crippen LogP contribution in [0.25, 0.3) is 0 Å². The lowest BCUT2D eigenvalue weighted by Crippen LogP contribution is -2.41. The van der Waals surface area contributed by atoms with Crippen molar-refractivity contribution in [1.29, 1.82) is 0 Å². The van der Waals surface area contributed by atoms with Crippen LogP contribution in [0.4, 0.5) is 18.0 Å². The van der Waals surface area contributed by atoms with E-state index >= 15 is 0 Å². The number of carbonyl (C=O) groups excluding carboxylic acids is 1. The molecule has 7 nitrogen and oxygen atoms in total. The maximum absolute atomic E-state index is 12.2. The number of alkyl halides is 3. The van der Waals surface area contributed by atoms with Gasteiger partial charge in [0.05, 0.1) is 6.61 Å². The number of methoxy groups -OCH3 is 1. The van der Waals surface area contributed by atoms with Crippen molar-refractivity contribution in [1.82, 2.24) is 14.7 Å². The van der Waals surface area contributed by atoms with Crippen LogP contribution in [0.2, 0.25) is 0 Å². The molecule has 2 aliphatic heterocycles. The average Bonchev–Trinajstić information content (AvgIpc) is 3.20. The van der Waals surface area contributed by atoms with Crippen molar-refractivity contribution in [2.45, 2.75) is 25.4 Å². The lowest BCUT2D eigenvalue weighted by Gasteiger charge is -2.30. The molecule has 1 N–H and O–H groups in total. The molecular weight excluding hydrogens is 379 g/mol. The number of hydrogen-bond donors (Lipinski definition) is 1. The van der Waals surface area contributed by atoms with Crippen molar-refractivity contribution in [3.8, 4) is 0 Å². The molecule has 3 fully saturated rings. The molecule has 0 radical (unpaired) electrons. The molecule has 3 aliphatic rings. The van der Waals surface area contributed by atoms with Crippen molar-refractivity contribution in [2.75, 3.05) is 60.5 Å². The van der Waals surface area contributed by atoms with Gasteiger partial charge in [-0.2, -0.15) is 13.2 Å². The molecule has 10 heteroatoms. The summed E-state index contributed by atoms with van der Waals surface area (Å²) in [5.41, 5.74) is 0.260. The summed E-state index contributed by atoms with van der Waals surface area (Å²) in [4.78, 5) is 27.5. The Kier molecular flexibility index (Phi) is 7.19. The molecule has 1 spiro atoms. The van der Waals surface area contributed by atoms with E-state index in [2.05, 4.69) is 4.90 Å². The fourth-order valence-electron chi connectivity index (χ4n) is 4.18. The summed E-state index contributed by atoms with van der Waals surface area (Å²) in [5, 5.41) is 7.12. The Morgan fingerprint density at radius 3 is 2.32 bits per heavy atom. The first kappa shape index (κ1) is 22.7. The number of amides is 2. The number of halogens is 3. The highest BCUT2D eigenvalue weighted by atomic mass is 19.4. The van der Waals surface area contributed by atoms with Gasteiger partial charge in [0.25, 0.3) is 0 Å². The van der Waals surface area contributed by atoms with Crippen molar-refractivity contribution < 1.29 is 32.6 Å². The summed E-state index contributed by atoms with van der Waals surface area (Å²) < 4.78 is 37.2. The summed E-state index contributed by atoms with van der Waals surface area (Å²) in [7, 11) is 5.48. The number of rotatable bonds is 4. The van der Waals surface area contributed by atoms with Gasteiger partial charge in [0.2, 0.25) is 0 Å². The van der Waals surface area contributed by atoms with E-state index in [0.29, 0.717) is 5.92 Å². The molecule has 2 saturated heterocycles. The van der Waals surface area contributed by atoms with Crippen molar-refractivity contribution in [3.05, 3.63) is 0 Å². The van der Waals surface area contributed by atoms with Gasteiger partial charge in [0.1, 0.15) is 0 Å². The molecule has 2 atom stereocenters. The Morgan fingerprint density at radius 2 is 1.86 bits per heavy atom. The highest BCUT2D eigenvalue weighted by molar-refractivity contribution is 5.74. The number of aliphatic carboxylic acids is 1. The third-order valence-electron chi connectivity index (χ3n) is 5.75. The zero-order valence-electron chi connectivity index (χ0n) is 16.7. The number of carboxylic acids is 1. The number of urea groups is 1. The Labute approximate surface area is 163 Å². The van der Waals surface area contributed by atoms with E-state index in [1.807, 2.05) is 19.0 Å². The first-order chi connectivity index (χ1) is 13.0. The zero-order chi connectivity index (χ0) is 21.1. The topological polar surface area (TPSA) is 73.3 Å². The summed E-state index contributed by atoms with van der Waals surface area (Å²) in [6.45, 7) is 6.17. The van der Waals surface area contributed by atoms with Gasteiger partial charge in [-0.3, -0.25) is 0 Å². The predicted octanol–water partition coefficient (Wildman–Crippen LogP) is 1.98. The summed E-state index contributed by atoms with van der Waals surface area (Å²) in [6, 6.07) is 0.156. The molecule has 1 saturated carbocycles. The van der Waals surface area contributed by atoms with E-state index in [1.165, 1.54) is 19.4 Å². The van der Waals surface area contributed by atoms with E-state index < -0.39 is 12.1 Å². The molecule has 0 bridgehead atoms. The highest BCUT2D eigenvalue weighted by Crippen LogP contribution is 2.45. The zero-order valence-corrected chi connectivity index (χ0v) is 16.7. The van der Waals surface area contributed by atoms with Crippen LogP contribution in [0.15, 0.2) is 0 Å². The fourth-order valence-corrected chi connectivity index (χ4v) is 4.18. The second-order valence-corrected chi connectivity index (χ2v) is 8.30. The SMILES string of the molecule is COC[C@@H]1CN(CC2CC2)C[C@@]12CCN(C(=O)N(C)C)C2.O=C(O)C(F)(F)F. The van der Waals surface area contributed by atoms with E-state index in [-0.39, 0.29) is 11.4 Å². The van der Waals surface area contributed by atoms with E-state index in [1.54, 1.807) is 12.0 Å². The van der Waals surface area contributed by atoms with E-state index in [9.17, 15) is 18.0 Å². The smallest absolute Gasteiger partial charge is 0.475 e. The molecular formula is C18H30F3N3O4. The quantitative estimate of drug-likeness (QED) is 0.769. The maximum Gasteiger partial charge on any atom is 0.490 e. The van der Waals surface area contributed by atoms with Crippen LogP contribution >= 0.6 is 0 Å². The van der Waals surface area contributed by atoms with E-state index in [4.69, 9.17) is 14.6 Å². The molecule has 28 heavy (non-hydrogen) atoms. The van der Waals surface area contributed by atoms with E-state index in [0.717, 1.165) is 45.1 Å². The molecule has 2 amide bonds. The van der Waals surface area contributed by atoms with Gasteiger partial charge in [0, 0.05) is 65.3 Å². The van der Waals surface area contributed by atoms with Crippen LogP contribution < -0.4 is 0 Å². The van der Waals surface area contributed by atoms with Gasteiger partial charge in [-0.05, 0) is 25.2 Å². The number of ether oxygens (including phenoxy) is 1. The van der Waals surface area contributed by atoms with Gasteiger partial charge >= 0.3 is 18.2 Å². The summed E-state index contributed by atoms with van der Waals surface area (Å²) >= 11 is 0. The minimum absolute atomic E-state index is 0.156. The number of likely N-dealkylation sites (tertiary alicyclic amines) is 2. The van der Waals surface area contributed by atoms with Crippen LogP contribution in [0.3, 0.4) is 0 Å². The van der Waals surface area contributed by atoms with Crippen LogP contribution in [-0.4, -0.2) is 98.5 Å². The van der Waals surface area contributed by atoms with Gasteiger partial charge in [-0.1, -0.05) is 0 Å². The first-order valence-electron chi connectivity index (χ1n) is 9.46. The van der Waals surface area contributed by atoms with Crippen molar-refractivity contribution in [3.63, 3.8) is 0 Å². The Bertz CT molecular complexity index is 569. The standard InChI is InChI=1S/C16H29N3O2.C2HF3O2/c1-17(2)15(20)19-7-6-16(12-19)11-18(8-13-4-5-13)9-14(16)10-21-3;3-2(4,5)1(6)7/h13-14H,4-12H2,1-3H3;(H,6,7)/t14-,16+;/m0./s1. The normalized spacial score (nSPS) is 27.6. The second-order valence-electron chi connectivity index (χ2n) is 8.30. The summed E-state index contributed by atoms with van der Waals surface area (Å²) in [6.07, 6.45) is -1.14. The van der Waals surface area contributed by atoms with Crippen LogP contribution in [0, 0.1) is 17.3 Å². The number of carbonyl (C=O) groups is 2. The molecule has 0 aromatic heterocycles. The van der Waals surface area contributed by atoms with Crippen LogP contribution in [0.5, 0.6) is 0 Å². The molecule has 0 unspecified atom stereocenters. The minimum atomic E-state index is -5.08. The monoisotopic (exact) mass is 409 g/mol. The third-order valence-corrected chi connectivity index (χ3v) is 5.75. The van der Waals surface area contributed by atoms with Crippen LogP contribution in [-0.2, 0) is 9.53 Å². The molecule has 3 rings (SSSR count). The minimum Gasteiger partial charge on any atom is -0.475 e. The molecule has 2 heterocycles. The lowest BCUT2D eigenvalue weighted by atomic mass is 9.78. The first-order valence-corrected chi connectivity index (χ1v) is 9.46. The largest absolute Gasteiger partial charge is 0.490 e. The fraction of sp³-hybridized carbons (Fsp3) is 0.889. The third kappa shape index (κ3) is 5.73. The van der Waals surface area contributed by atoms with Crippen molar-refractivity contribution >= 4 is 12.0 Å². The van der Waals surface area contributed by atoms with Crippen molar-refractivity contribution in [2.24, 2.45) is 17.3 Å². The number of hydrogen-bond acceptors (Lipinski definition) is 4. The van der Waals surface area contributed by atoms with Crippen LogP contribution in [0.1, 0.15) is 19.3 Å². The predicted molar refractivity (Wildman–Crippen MR) is 95.9 cm³/mol. The average molecular weight is 409 g/mol. The Morgan fingerprint density at radius 1 is 1.25 bits per heavy atom. The lowest BCUT2D eigenvalue weighted by molar-refractivity contribution is -0.192. The summed E-state index contributed by atoms with van der Waals surface area (Å²) in [5.74, 6) is -1.25. The molecule has 1 aliphatic carbocycles. The number of nitrogens with zero attached hydrogens (tertiary/aromatic N) is 3. The van der Waals surface area contributed by atoms with Gasteiger partial charge < -0.3 is 24.5 Å². The highest BCUT2D eigenvalue weighted by Gasteiger charge is 2.51. The van der Waals surface area contributed by atoms with Gasteiger partial charge in [-0.15, -0.1) is 0 Å².